The van der Waals surface area contributed by atoms with Gasteiger partial charge in [0.15, 0.2) is 0 Å². The molecule has 1 atom stereocenters. The van der Waals surface area contributed by atoms with Crippen LogP contribution < -0.4 is 5.32 Å². The molecular formula is C20H22N2O3. The number of aryl methyl sites for hydroxylation is 1. The monoisotopic (exact) mass is 338 g/mol. The van der Waals surface area contributed by atoms with Crippen molar-refractivity contribution in [2.45, 2.75) is 25.3 Å². The van der Waals surface area contributed by atoms with Crippen LogP contribution in [0.5, 0.6) is 0 Å². The van der Waals surface area contributed by atoms with Gasteiger partial charge >= 0.3 is 5.97 Å². The molecule has 5 nitrogen and oxygen atoms in total. The molecular weight excluding hydrogens is 316 g/mol. The molecule has 3 rings (SSSR count). The van der Waals surface area contributed by atoms with Crippen LogP contribution in [0.4, 0.5) is 0 Å². The minimum Gasteiger partial charge on any atom is -0.363 e. The van der Waals surface area contributed by atoms with Crippen molar-refractivity contribution in [2.75, 3.05) is 13.1 Å². The van der Waals surface area contributed by atoms with Crippen LogP contribution in [0.3, 0.4) is 0 Å². The number of benzene rings is 2. The van der Waals surface area contributed by atoms with E-state index in [9.17, 15) is 9.59 Å². The van der Waals surface area contributed by atoms with E-state index in [-0.39, 0.29) is 5.91 Å². The van der Waals surface area contributed by atoms with Gasteiger partial charge in [0.1, 0.15) is 6.04 Å². The molecule has 0 bridgehead atoms. The minimum absolute atomic E-state index is 0.0832. The molecule has 1 N–H and O–H groups in total. The first kappa shape index (κ1) is 17.2. The maximum Gasteiger partial charge on any atom is 0.357 e. The van der Waals surface area contributed by atoms with E-state index in [1.54, 1.807) is 24.3 Å². The Bertz CT molecular complexity index is 703. The summed E-state index contributed by atoms with van der Waals surface area (Å²) in [6.45, 7) is 0.983. The number of hydroxylamine groups is 2. The Morgan fingerprint density at radius 1 is 1.08 bits per heavy atom. The fourth-order valence-electron chi connectivity index (χ4n) is 2.96. The fourth-order valence-corrected chi connectivity index (χ4v) is 2.96. The summed E-state index contributed by atoms with van der Waals surface area (Å²) in [6.07, 6.45) is 2.38. The predicted molar refractivity (Wildman–Crippen MR) is 94.7 cm³/mol. The Morgan fingerprint density at radius 2 is 1.76 bits per heavy atom. The van der Waals surface area contributed by atoms with Crippen molar-refractivity contribution in [3.8, 4) is 0 Å². The van der Waals surface area contributed by atoms with Gasteiger partial charge in [-0.2, -0.15) is 0 Å². The summed E-state index contributed by atoms with van der Waals surface area (Å²) in [5, 5.41) is 4.38. The van der Waals surface area contributed by atoms with Crippen molar-refractivity contribution >= 4 is 11.9 Å². The van der Waals surface area contributed by atoms with E-state index in [0.717, 1.165) is 12.8 Å². The normalized spacial score (nSPS) is 17.8. The Labute approximate surface area is 147 Å². The Hall–Kier alpha value is -2.66. The Morgan fingerprint density at radius 3 is 2.48 bits per heavy atom. The highest BCUT2D eigenvalue weighted by Crippen LogP contribution is 2.15. The average Bonchev–Trinajstić information content (AvgIpc) is 2.65. The lowest BCUT2D eigenvalue weighted by atomic mass is 10.0. The van der Waals surface area contributed by atoms with Crippen molar-refractivity contribution in [1.29, 1.82) is 0 Å². The standard InChI is InChI=1S/C20H22N2O3/c23-19-18(13-7-10-16-8-3-1-4-9-16)22(15-14-21-19)25-20(24)17-11-5-2-6-12-17/h1-6,8-9,11-12,18H,7,10,13-15H2,(H,21,23). The summed E-state index contributed by atoms with van der Waals surface area (Å²) in [7, 11) is 0. The van der Waals surface area contributed by atoms with Crippen LogP contribution in [-0.4, -0.2) is 36.1 Å². The van der Waals surface area contributed by atoms with E-state index in [1.165, 1.54) is 10.6 Å². The topological polar surface area (TPSA) is 58.6 Å². The molecule has 130 valence electrons. The van der Waals surface area contributed by atoms with Crippen molar-refractivity contribution in [3.63, 3.8) is 0 Å². The zero-order valence-corrected chi connectivity index (χ0v) is 14.1. The fraction of sp³-hybridized carbons (Fsp3) is 0.300. The van der Waals surface area contributed by atoms with Gasteiger partial charge in [0.25, 0.3) is 0 Å². The summed E-state index contributed by atoms with van der Waals surface area (Å²) in [5.41, 5.74) is 1.73. The van der Waals surface area contributed by atoms with Gasteiger partial charge < -0.3 is 10.2 Å². The lowest BCUT2D eigenvalue weighted by molar-refractivity contribution is -0.167. The smallest absolute Gasteiger partial charge is 0.357 e. The number of rotatable bonds is 6. The van der Waals surface area contributed by atoms with E-state index in [4.69, 9.17) is 4.84 Å². The van der Waals surface area contributed by atoms with Gasteiger partial charge in [0, 0.05) is 6.54 Å². The second kappa shape index (κ2) is 8.44. The number of carbonyl (C=O) groups excluding carboxylic acids is 2. The number of nitrogens with zero attached hydrogens (tertiary/aromatic N) is 1. The highest BCUT2D eigenvalue weighted by molar-refractivity contribution is 5.89. The molecule has 0 spiro atoms. The number of amides is 1. The lowest BCUT2D eigenvalue weighted by Gasteiger charge is -2.33. The molecule has 2 aromatic carbocycles. The third-order valence-corrected chi connectivity index (χ3v) is 4.28. The quantitative estimate of drug-likeness (QED) is 0.879. The largest absolute Gasteiger partial charge is 0.363 e. The number of carbonyl (C=O) groups is 2. The van der Waals surface area contributed by atoms with Gasteiger partial charge in [-0.1, -0.05) is 48.5 Å². The molecule has 0 aromatic heterocycles. The third-order valence-electron chi connectivity index (χ3n) is 4.28. The van der Waals surface area contributed by atoms with Crippen molar-refractivity contribution in [3.05, 3.63) is 71.8 Å². The first-order valence-electron chi connectivity index (χ1n) is 8.59. The summed E-state index contributed by atoms with van der Waals surface area (Å²) < 4.78 is 0. The average molecular weight is 338 g/mol. The van der Waals surface area contributed by atoms with Crippen LogP contribution in [0.2, 0.25) is 0 Å². The first-order chi connectivity index (χ1) is 12.2. The molecule has 0 radical (unpaired) electrons. The van der Waals surface area contributed by atoms with Crippen LogP contribution in [0.15, 0.2) is 60.7 Å². The Balaban J connectivity index is 1.59. The predicted octanol–water partition coefficient (Wildman–Crippen LogP) is 2.58. The van der Waals surface area contributed by atoms with E-state index in [2.05, 4.69) is 17.4 Å². The number of hydrogen-bond acceptors (Lipinski definition) is 4. The molecule has 1 saturated heterocycles. The molecule has 25 heavy (non-hydrogen) atoms. The lowest BCUT2D eigenvalue weighted by Crippen LogP contribution is -2.55. The minimum atomic E-state index is -0.440. The third kappa shape index (κ3) is 4.67. The maximum atomic E-state index is 12.3. The molecule has 1 amide bonds. The van der Waals surface area contributed by atoms with Crippen LogP contribution in [0, 0.1) is 0 Å². The van der Waals surface area contributed by atoms with Gasteiger partial charge in [0.2, 0.25) is 5.91 Å². The zero-order chi connectivity index (χ0) is 17.5. The zero-order valence-electron chi connectivity index (χ0n) is 14.1. The summed E-state index contributed by atoms with van der Waals surface area (Å²) in [5.74, 6) is -0.511. The molecule has 1 unspecified atom stereocenters. The highest BCUT2D eigenvalue weighted by atomic mass is 16.7. The van der Waals surface area contributed by atoms with Crippen molar-refractivity contribution in [2.24, 2.45) is 0 Å². The molecule has 5 heteroatoms. The van der Waals surface area contributed by atoms with E-state index >= 15 is 0 Å². The molecule has 1 aliphatic rings. The maximum absolute atomic E-state index is 12.3. The summed E-state index contributed by atoms with van der Waals surface area (Å²) in [6, 6.07) is 18.6. The molecule has 0 aliphatic carbocycles. The van der Waals surface area contributed by atoms with Gasteiger partial charge in [-0.3, -0.25) is 4.79 Å². The summed E-state index contributed by atoms with van der Waals surface area (Å²) >= 11 is 0. The van der Waals surface area contributed by atoms with Gasteiger partial charge in [-0.05, 0) is 37.0 Å². The van der Waals surface area contributed by atoms with Crippen molar-refractivity contribution < 1.29 is 14.4 Å². The van der Waals surface area contributed by atoms with Crippen LogP contribution in [-0.2, 0) is 16.1 Å². The second-order valence-corrected chi connectivity index (χ2v) is 6.07. The van der Waals surface area contributed by atoms with Crippen LogP contribution >= 0.6 is 0 Å². The van der Waals surface area contributed by atoms with Crippen molar-refractivity contribution in [1.82, 2.24) is 10.4 Å². The number of nitrogens with one attached hydrogen (secondary N) is 1. The van der Waals surface area contributed by atoms with Gasteiger partial charge in [-0.15, -0.1) is 5.06 Å². The molecule has 0 saturated carbocycles. The number of hydrogen-bond donors (Lipinski definition) is 1. The van der Waals surface area contributed by atoms with E-state index in [0.29, 0.717) is 25.1 Å². The van der Waals surface area contributed by atoms with Gasteiger partial charge in [0.05, 0.1) is 12.1 Å². The summed E-state index contributed by atoms with van der Waals surface area (Å²) in [4.78, 5) is 30.0. The number of piperazine rings is 1. The molecule has 2 aromatic rings. The van der Waals surface area contributed by atoms with Crippen LogP contribution in [0.1, 0.15) is 28.8 Å². The Kier molecular flexibility index (Phi) is 5.80. The van der Waals surface area contributed by atoms with E-state index < -0.39 is 12.0 Å². The highest BCUT2D eigenvalue weighted by Gasteiger charge is 2.32. The van der Waals surface area contributed by atoms with E-state index in [1.807, 2.05) is 24.3 Å². The second-order valence-electron chi connectivity index (χ2n) is 6.07. The van der Waals surface area contributed by atoms with Gasteiger partial charge in [-0.25, -0.2) is 4.79 Å². The molecule has 1 heterocycles. The SMILES string of the molecule is O=C(ON1CCNC(=O)C1CCCc1ccccc1)c1ccccc1. The first-order valence-corrected chi connectivity index (χ1v) is 8.59. The molecule has 1 fully saturated rings. The molecule has 1 aliphatic heterocycles. The van der Waals surface area contributed by atoms with Crippen LogP contribution in [0.25, 0.3) is 0 Å².